The molecule has 0 bridgehead atoms. The van der Waals surface area contributed by atoms with Crippen molar-refractivity contribution in [2.75, 3.05) is 11.9 Å². The van der Waals surface area contributed by atoms with Gasteiger partial charge in [0.25, 0.3) is 5.91 Å². The van der Waals surface area contributed by atoms with Crippen LogP contribution in [-0.2, 0) is 6.18 Å². The third-order valence-corrected chi connectivity index (χ3v) is 4.06. The number of halogens is 4. The first-order valence-corrected chi connectivity index (χ1v) is 7.51. The Morgan fingerprint density at radius 3 is 2.62 bits per heavy atom. The Balaban J connectivity index is 1.89. The third kappa shape index (κ3) is 2.99. The van der Waals surface area contributed by atoms with Crippen LogP contribution < -0.4 is 4.90 Å². The molecule has 9 heteroatoms. The van der Waals surface area contributed by atoms with Crippen molar-refractivity contribution in [3.63, 3.8) is 0 Å². The smallest absolute Gasteiger partial charge is 0.296 e. The lowest BCUT2D eigenvalue weighted by atomic mass is 10.2. The van der Waals surface area contributed by atoms with Crippen molar-refractivity contribution >= 4 is 33.2 Å². The zero-order valence-corrected chi connectivity index (χ0v) is 13.8. The number of alkyl halides is 3. The van der Waals surface area contributed by atoms with E-state index in [4.69, 9.17) is 0 Å². The standard InChI is InChI=1S/C15H10BrF3N4O/c1-22(13-3-2-10(7-20-13)15(17,18)19)14(24)9-4-5-23-12(6-9)11(16)8-21-23/h2-8H,1H3. The van der Waals surface area contributed by atoms with Crippen LogP contribution in [0.4, 0.5) is 19.0 Å². The molecule has 0 fully saturated rings. The first-order valence-electron chi connectivity index (χ1n) is 6.71. The van der Waals surface area contributed by atoms with Crippen LogP contribution in [0.15, 0.2) is 47.3 Å². The maximum Gasteiger partial charge on any atom is 0.417 e. The van der Waals surface area contributed by atoms with Gasteiger partial charge in [-0.3, -0.25) is 9.69 Å². The summed E-state index contributed by atoms with van der Waals surface area (Å²) in [5, 5.41) is 4.08. The molecule has 0 aliphatic heterocycles. The molecule has 124 valence electrons. The predicted octanol–water partition coefficient (Wildman–Crippen LogP) is 3.79. The quantitative estimate of drug-likeness (QED) is 0.659. The van der Waals surface area contributed by atoms with Gasteiger partial charge in [0, 0.05) is 25.0 Å². The normalized spacial score (nSPS) is 11.7. The molecule has 3 aromatic rings. The van der Waals surface area contributed by atoms with Gasteiger partial charge in [0.2, 0.25) is 0 Å². The van der Waals surface area contributed by atoms with Gasteiger partial charge in [-0.2, -0.15) is 18.3 Å². The molecule has 1 amide bonds. The molecule has 0 aliphatic rings. The van der Waals surface area contributed by atoms with Crippen molar-refractivity contribution in [2.24, 2.45) is 0 Å². The molecule has 3 heterocycles. The Bertz CT molecular complexity index is 905. The zero-order valence-electron chi connectivity index (χ0n) is 12.3. The summed E-state index contributed by atoms with van der Waals surface area (Å²) in [6.07, 6.45) is -0.532. The molecule has 0 aliphatic carbocycles. The van der Waals surface area contributed by atoms with E-state index < -0.39 is 17.6 Å². The number of carbonyl (C=O) groups is 1. The second-order valence-corrected chi connectivity index (χ2v) is 5.86. The van der Waals surface area contributed by atoms with E-state index in [1.807, 2.05) is 0 Å². The Labute approximate surface area is 142 Å². The summed E-state index contributed by atoms with van der Waals surface area (Å²) in [4.78, 5) is 17.4. The second-order valence-electron chi connectivity index (χ2n) is 5.00. The minimum absolute atomic E-state index is 0.125. The lowest BCUT2D eigenvalue weighted by Crippen LogP contribution is -2.27. The minimum atomic E-state index is -4.46. The molecule has 0 aromatic carbocycles. The third-order valence-electron chi connectivity index (χ3n) is 3.44. The number of nitrogens with zero attached hydrogens (tertiary/aromatic N) is 4. The molecule has 5 nitrogen and oxygen atoms in total. The van der Waals surface area contributed by atoms with Gasteiger partial charge in [0.1, 0.15) is 5.82 Å². The fourth-order valence-electron chi connectivity index (χ4n) is 2.13. The Morgan fingerprint density at radius 2 is 2.00 bits per heavy atom. The molecule has 3 rings (SSSR count). The second kappa shape index (κ2) is 5.90. The van der Waals surface area contributed by atoms with Crippen molar-refractivity contribution < 1.29 is 18.0 Å². The van der Waals surface area contributed by atoms with Crippen LogP contribution >= 0.6 is 15.9 Å². The topological polar surface area (TPSA) is 50.5 Å². The summed E-state index contributed by atoms with van der Waals surface area (Å²) < 4.78 is 40.0. The maximum absolute atomic E-state index is 12.6. The molecule has 0 radical (unpaired) electrons. The van der Waals surface area contributed by atoms with Crippen LogP contribution in [0, 0.1) is 0 Å². The van der Waals surface area contributed by atoms with E-state index in [2.05, 4.69) is 26.0 Å². The lowest BCUT2D eigenvalue weighted by molar-refractivity contribution is -0.137. The van der Waals surface area contributed by atoms with Crippen molar-refractivity contribution in [3.05, 3.63) is 58.5 Å². The van der Waals surface area contributed by atoms with E-state index in [9.17, 15) is 18.0 Å². The average Bonchev–Trinajstić information content (AvgIpc) is 2.93. The van der Waals surface area contributed by atoms with Crippen LogP contribution in [0.2, 0.25) is 0 Å². The first kappa shape index (κ1) is 16.4. The lowest BCUT2D eigenvalue weighted by Gasteiger charge is -2.17. The van der Waals surface area contributed by atoms with E-state index in [1.54, 1.807) is 29.0 Å². The summed E-state index contributed by atoms with van der Waals surface area (Å²) in [5.41, 5.74) is 0.208. The van der Waals surface area contributed by atoms with Crippen LogP contribution in [0.25, 0.3) is 5.52 Å². The molecule has 0 saturated carbocycles. The van der Waals surface area contributed by atoms with Gasteiger partial charge in [-0.05, 0) is 40.2 Å². The number of rotatable bonds is 2. The molecular weight excluding hydrogens is 389 g/mol. The van der Waals surface area contributed by atoms with Crippen molar-refractivity contribution in [3.8, 4) is 0 Å². The van der Waals surface area contributed by atoms with Crippen LogP contribution in [0.5, 0.6) is 0 Å². The molecule has 0 N–H and O–H groups in total. The average molecular weight is 399 g/mol. The van der Waals surface area contributed by atoms with Crippen molar-refractivity contribution in [1.29, 1.82) is 0 Å². The Morgan fingerprint density at radius 1 is 1.25 bits per heavy atom. The van der Waals surface area contributed by atoms with Gasteiger partial charge in [0.15, 0.2) is 0 Å². The van der Waals surface area contributed by atoms with Gasteiger partial charge in [-0.1, -0.05) is 0 Å². The van der Waals surface area contributed by atoms with E-state index in [-0.39, 0.29) is 5.82 Å². The molecule has 0 atom stereocenters. The van der Waals surface area contributed by atoms with Crippen LogP contribution in [0.3, 0.4) is 0 Å². The van der Waals surface area contributed by atoms with Crippen molar-refractivity contribution in [2.45, 2.75) is 6.18 Å². The van der Waals surface area contributed by atoms with E-state index in [0.29, 0.717) is 17.3 Å². The minimum Gasteiger partial charge on any atom is -0.296 e. The first-order chi connectivity index (χ1) is 11.3. The number of pyridine rings is 2. The molecular formula is C15H10BrF3N4O. The number of anilines is 1. The highest BCUT2D eigenvalue weighted by molar-refractivity contribution is 9.10. The fourth-order valence-corrected chi connectivity index (χ4v) is 2.52. The molecule has 24 heavy (non-hydrogen) atoms. The van der Waals surface area contributed by atoms with Gasteiger partial charge >= 0.3 is 6.18 Å². The maximum atomic E-state index is 12.6. The molecule has 3 aromatic heterocycles. The fraction of sp³-hybridized carbons (Fsp3) is 0.133. The van der Waals surface area contributed by atoms with Gasteiger partial charge in [-0.15, -0.1) is 0 Å². The van der Waals surface area contributed by atoms with Gasteiger partial charge in [0.05, 0.1) is 21.7 Å². The number of carbonyl (C=O) groups excluding carboxylic acids is 1. The summed E-state index contributed by atoms with van der Waals surface area (Å²) in [5.74, 6) is -0.265. The van der Waals surface area contributed by atoms with Gasteiger partial charge in [-0.25, -0.2) is 9.50 Å². The van der Waals surface area contributed by atoms with E-state index in [1.165, 1.54) is 11.9 Å². The summed E-state index contributed by atoms with van der Waals surface area (Å²) >= 11 is 3.33. The largest absolute Gasteiger partial charge is 0.417 e. The summed E-state index contributed by atoms with van der Waals surface area (Å²) in [7, 11) is 1.45. The van der Waals surface area contributed by atoms with E-state index in [0.717, 1.165) is 16.6 Å². The predicted molar refractivity (Wildman–Crippen MR) is 84.9 cm³/mol. The monoisotopic (exact) mass is 398 g/mol. The van der Waals surface area contributed by atoms with E-state index >= 15 is 0 Å². The molecule has 0 saturated heterocycles. The highest BCUT2D eigenvalue weighted by atomic mass is 79.9. The highest BCUT2D eigenvalue weighted by Crippen LogP contribution is 2.29. The summed E-state index contributed by atoms with van der Waals surface area (Å²) in [6.45, 7) is 0. The van der Waals surface area contributed by atoms with Crippen LogP contribution in [0.1, 0.15) is 15.9 Å². The van der Waals surface area contributed by atoms with Crippen LogP contribution in [-0.4, -0.2) is 27.6 Å². The molecule has 0 spiro atoms. The Kier molecular flexibility index (Phi) is 4.04. The van der Waals surface area contributed by atoms with Gasteiger partial charge < -0.3 is 0 Å². The Hall–Kier alpha value is -2.42. The number of amides is 1. The number of hydrogen-bond acceptors (Lipinski definition) is 3. The highest BCUT2D eigenvalue weighted by Gasteiger charge is 2.31. The number of hydrogen-bond donors (Lipinski definition) is 0. The number of aromatic nitrogens is 3. The summed E-state index contributed by atoms with van der Waals surface area (Å²) in [6, 6.07) is 5.27. The SMILES string of the molecule is CN(C(=O)c1ccn2ncc(Br)c2c1)c1ccc(C(F)(F)F)cn1. The zero-order chi connectivity index (χ0) is 17.5. The van der Waals surface area contributed by atoms with Crippen molar-refractivity contribution in [1.82, 2.24) is 14.6 Å². The number of fused-ring (bicyclic) bond motifs is 1. The molecule has 0 unspecified atom stereocenters.